The van der Waals surface area contributed by atoms with Crippen LogP contribution in [-0.2, 0) is 47.6 Å². The number of benzene rings is 3. The maximum atomic E-state index is 14.6. The topological polar surface area (TPSA) is 230 Å². The highest BCUT2D eigenvalue weighted by atomic mass is 32.1. The zero-order chi connectivity index (χ0) is 59.2. The van der Waals surface area contributed by atoms with Gasteiger partial charge in [-0.3, -0.25) is 28.8 Å². The van der Waals surface area contributed by atoms with Crippen LogP contribution in [0.15, 0.2) is 116 Å². The van der Waals surface area contributed by atoms with Gasteiger partial charge in [0.1, 0.15) is 52.8 Å². The summed E-state index contributed by atoms with van der Waals surface area (Å²) >= 11 is 1.28. The second-order valence-corrected chi connectivity index (χ2v) is 23.6. The maximum Gasteiger partial charge on any atom is 0.410 e. The molecule has 9 rings (SSSR count). The average Bonchev–Trinajstić information content (AvgIpc) is 4.45. The molecule has 1 aliphatic carbocycles. The van der Waals surface area contributed by atoms with Gasteiger partial charge in [-0.25, -0.2) is 19.7 Å². The molecule has 1 saturated carbocycles. The summed E-state index contributed by atoms with van der Waals surface area (Å²) in [5, 5.41) is 18.8. The molecule has 4 amide bonds. The molecule has 0 spiro atoms. The molecule has 84 heavy (non-hydrogen) atoms. The largest absolute Gasteiger partial charge is 0.494 e. The number of hydrogen-bond donors (Lipinski definition) is 3. The van der Waals surface area contributed by atoms with Crippen molar-refractivity contribution in [1.82, 2.24) is 54.9 Å². The van der Waals surface area contributed by atoms with E-state index >= 15 is 0 Å². The molecule has 1 aliphatic heterocycles. The summed E-state index contributed by atoms with van der Waals surface area (Å²) in [6, 6.07) is 26.3. The molecule has 3 aromatic carbocycles. The quantitative estimate of drug-likeness (QED) is 0.0357. The van der Waals surface area contributed by atoms with Gasteiger partial charge in [0.05, 0.1) is 41.7 Å². The highest BCUT2D eigenvalue weighted by molar-refractivity contribution is 7.14. The Morgan fingerprint density at radius 1 is 0.833 bits per heavy atom. The molecule has 1 saturated heterocycles. The molecule has 2 aliphatic rings. The van der Waals surface area contributed by atoms with Crippen molar-refractivity contribution in [3.8, 4) is 22.9 Å². The Balaban J connectivity index is 0.688. The number of carbonyl (C=O) groups is 5. The van der Waals surface area contributed by atoms with E-state index in [0.29, 0.717) is 71.7 Å². The number of likely N-dealkylation sites (N-methyl/N-ethyl adjacent to an activating group) is 1. The van der Waals surface area contributed by atoms with Crippen molar-refractivity contribution >= 4 is 46.6 Å². The van der Waals surface area contributed by atoms with E-state index < -0.39 is 29.7 Å². The van der Waals surface area contributed by atoms with E-state index in [1.54, 1.807) is 81.4 Å². The van der Waals surface area contributed by atoms with Crippen LogP contribution in [0.5, 0.6) is 11.5 Å². The van der Waals surface area contributed by atoms with Crippen molar-refractivity contribution in [3.05, 3.63) is 154 Å². The second kappa shape index (κ2) is 28.2. The van der Waals surface area contributed by atoms with Crippen LogP contribution in [0.4, 0.5) is 10.5 Å². The van der Waals surface area contributed by atoms with E-state index in [2.05, 4.69) is 51.8 Å². The van der Waals surface area contributed by atoms with Gasteiger partial charge in [0, 0.05) is 68.6 Å². The molecule has 0 bridgehead atoms. The molecule has 7 aromatic rings. The second-order valence-electron chi connectivity index (χ2n) is 22.6. The Morgan fingerprint density at radius 3 is 2.42 bits per heavy atom. The molecule has 442 valence electrons. The standard InChI is InChI=1S/C63H76N12O8S/c1-42(72(5)62(80)83-63(2,3)4)58(77)69-56(44-18-9-7-10-19-44)61(79)75-31-16-25-54(75)60-67-38-55(84-60)57(76)45-20-15-24-51(35-45)82-40-48-39-74(71-70-48)30-11-8-12-32-81-50-23-13-17-43(33-50)36-66-59(78)46-21-14-22-47(34-46)65-37-49-26-27-53(73(49)6)52-28-29-64-41-68-52/h13-15,17,20-24,26-29,33-35,38-39,41-42,44,54,56,65H,7-12,16,18-19,25,30-32,36-37,40H2,1-6H3,(H,66,78)(H,69,77)/t42?,54?,56-/m0/s1. The molecule has 3 N–H and O–H groups in total. The van der Waals surface area contributed by atoms with Crippen LogP contribution in [0.1, 0.15) is 145 Å². The van der Waals surface area contributed by atoms with Gasteiger partial charge >= 0.3 is 6.09 Å². The van der Waals surface area contributed by atoms with E-state index in [4.69, 9.17) is 14.2 Å². The van der Waals surface area contributed by atoms with Crippen molar-refractivity contribution in [2.24, 2.45) is 13.0 Å². The number of aromatic nitrogens is 7. The van der Waals surface area contributed by atoms with E-state index in [1.165, 1.54) is 23.3 Å². The lowest BCUT2D eigenvalue weighted by Gasteiger charge is -2.36. The van der Waals surface area contributed by atoms with Crippen LogP contribution in [0, 0.1) is 5.92 Å². The fraction of sp³-hybridized carbons (Fsp3) is 0.429. The predicted octanol–water partition coefficient (Wildman–Crippen LogP) is 10.1. The maximum absolute atomic E-state index is 14.6. The minimum Gasteiger partial charge on any atom is -0.494 e. The molecule has 2 unspecified atom stereocenters. The van der Waals surface area contributed by atoms with Crippen LogP contribution < -0.4 is 25.4 Å². The summed E-state index contributed by atoms with van der Waals surface area (Å²) in [6.07, 6.45) is 14.8. The number of nitrogens with one attached hydrogen (secondary N) is 3. The number of aryl methyl sites for hydroxylation is 1. The van der Waals surface area contributed by atoms with E-state index in [-0.39, 0.29) is 36.2 Å². The molecule has 0 radical (unpaired) electrons. The summed E-state index contributed by atoms with van der Waals surface area (Å²) in [5.41, 5.74) is 5.63. The molecule has 2 fully saturated rings. The number of nitrogens with zero attached hydrogens (tertiary/aromatic N) is 9. The summed E-state index contributed by atoms with van der Waals surface area (Å²) in [6.45, 7) is 9.77. The summed E-state index contributed by atoms with van der Waals surface area (Å²) in [4.78, 5) is 84.8. The van der Waals surface area contributed by atoms with Gasteiger partial charge in [-0.15, -0.1) is 16.4 Å². The number of rotatable bonds is 25. The van der Waals surface area contributed by atoms with Crippen LogP contribution in [0.2, 0.25) is 0 Å². The van der Waals surface area contributed by atoms with E-state index in [0.717, 1.165) is 91.9 Å². The molecule has 5 heterocycles. The van der Waals surface area contributed by atoms with Crippen molar-refractivity contribution in [3.63, 3.8) is 0 Å². The predicted molar refractivity (Wildman–Crippen MR) is 319 cm³/mol. The average molecular weight is 1160 g/mol. The Kier molecular flexibility index (Phi) is 20.2. The van der Waals surface area contributed by atoms with Crippen LogP contribution in [0.25, 0.3) is 11.4 Å². The van der Waals surface area contributed by atoms with Crippen molar-refractivity contribution in [2.75, 3.05) is 25.5 Å². The fourth-order valence-electron chi connectivity index (χ4n) is 10.5. The normalized spacial score (nSPS) is 15.2. The molecular formula is C63H76N12O8S. The van der Waals surface area contributed by atoms with E-state index in [9.17, 15) is 24.0 Å². The minimum absolute atomic E-state index is 0.0401. The molecule has 21 heteroatoms. The molecular weight excluding hydrogens is 1080 g/mol. The zero-order valence-corrected chi connectivity index (χ0v) is 49.6. The third kappa shape index (κ3) is 16.0. The van der Waals surface area contributed by atoms with Gasteiger partial charge in [0.2, 0.25) is 17.6 Å². The highest BCUT2D eigenvalue weighted by Gasteiger charge is 2.41. The zero-order valence-electron chi connectivity index (χ0n) is 48.8. The van der Waals surface area contributed by atoms with Gasteiger partial charge in [-0.1, -0.05) is 54.8 Å². The molecule has 3 atom stereocenters. The minimum atomic E-state index is -0.866. The first-order valence-corrected chi connectivity index (χ1v) is 29.8. The number of carbonyl (C=O) groups excluding carboxylic acids is 5. The Morgan fingerprint density at radius 2 is 1.62 bits per heavy atom. The number of anilines is 1. The Labute approximate surface area is 494 Å². The van der Waals surface area contributed by atoms with Crippen molar-refractivity contribution < 1.29 is 38.2 Å². The SMILES string of the molecule is CC(C(=O)N[C@H](C(=O)N1CCCC1c1ncc(C(=O)c2cccc(OCc3cn(CCCCCOc4cccc(CNC(=O)c5cccc(NCc6ccc(-c7ccncn7)n6C)c5)c4)nn3)c2)s1)C1CCCCC1)N(C)C(=O)OC(C)(C)C. The van der Waals surface area contributed by atoms with Gasteiger partial charge in [0.25, 0.3) is 5.91 Å². The number of ketones is 1. The lowest BCUT2D eigenvalue weighted by molar-refractivity contribution is -0.140. The number of ether oxygens (including phenoxy) is 3. The summed E-state index contributed by atoms with van der Waals surface area (Å²) in [5.74, 6) is 0.259. The lowest BCUT2D eigenvalue weighted by atomic mass is 9.83. The monoisotopic (exact) mass is 1160 g/mol. The van der Waals surface area contributed by atoms with Crippen molar-refractivity contribution in [2.45, 2.75) is 142 Å². The first-order valence-electron chi connectivity index (χ1n) is 29.0. The highest BCUT2D eigenvalue weighted by Crippen LogP contribution is 2.37. The number of likely N-dealkylation sites (tertiary alicyclic amines) is 1. The van der Waals surface area contributed by atoms with Gasteiger partial charge in [-0.05, 0) is 145 Å². The van der Waals surface area contributed by atoms with Gasteiger partial charge in [0.15, 0.2) is 0 Å². The van der Waals surface area contributed by atoms with Crippen LogP contribution >= 0.6 is 11.3 Å². The Hall–Kier alpha value is -8.46. The summed E-state index contributed by atoms with van der Waals surface area (Å²) < 4.78 is 21.6. The number of hydrogen-bond acceptors (Lipinski definition) is 15. The van der Waals surface area contributed by atoms with Gasteiger partial charge < -0.3 is 39.6 Å². The fourth-order valence-corrected chi connectivity index (χ4v) is 11.5. The van der Waals surface area contributed by atoms with Crippen LogP contribution in [-0.4, -0.2) is 112 Å². The lowest BCUT2D eigenvalue weighted by Crippen LogP contribution is -2.56. The number of thiazole rings is 1. The molecule has 20 nitrogen and oxygen atoms in total. The summed E-state index contributed by atoms with van der Waals surface area (Å²) in [7, 11) is 3.53. The first kappa shape index (κ1) is 60.1. The number of unbranched alkanes of at least 4 members (excludes halogenated alkanes) is 2. The first-order chi connectivity index (χ1) is 40.6. The Bertz CT molecular complexity index is 3370. The number of amides is 4. The van der Waals surface area contributed by atoms with Crippen molar-refractivity contribution in [1.29, 1.82) is 0 Å². The third-order valence-electron chi connectivity index (χ3n) is 15.3. The molecule has 4 aromatic heterocycles. The smallest absolute Gasteiger partial charge is 0.410 e. The third-order valence-corrected chi connectivity index (χ3v) is 16.4. The van der Waals surface area contributed by atoms with Crippen LogP contribution in [0.3, 0.4) is 0 Å². The van der Waals surface area contributed by atoms with Gasteiger partial charge in [-0.2, -0.15) is 0 Å². The van der Waals surface area contributed by atoms with E-state index in [1.807, 2.05) is 72.7 Å².